The van der Waals surface area contributed by atoms with Crippen molar-refractivity contribution in [1.29, 1.82) is 0 Å². The van der Waals surface area contributed by atoms with Gasteiger partial charge in [-0.25, -0.2) is 4.98 Å². The maximum atomic E-state index is 12.0. The van der Waals surface area contributed by atoms with Crippen molar-refractivity contribution in [2.24, 2.45) is 5.92 Å². The Labute approximate surface area is 143 Å². The lowest BCUT2D eigenvalue weighted by atomic mass is 9.93. The quantitative estimate of drug-likeness (QED) is 0.691. The molecular formula is C17H28N4O3. The molecular weight excluding hydrogens is 308 g/mol. The van der Waals surface area contributed by atoms with Gasteiger partial charge in [-0.3, -0.25) is 4.79 Å². The van der Waals surface area contributed by atoms with Crippen molar-refractivity contribution < 1.29 is 14.3 Å². The normalized spacial score (nSPS) is 15.3. The van der Waals surface area contributed by atoms with Crippen LogP contribution in [0.3, 0.4) is 0 Å². The van der Waals surface area contributed by atoms with E-state index >= 15 is 0 Å². The molecule has 24 heavy (non-hydrogen) atoms. The lowest BCUT2D eigenvalue weighted by Gasteiger charge is -2.32. The summed E-state index contributed by atoms with van der Waals surface area (Å²) < 4.78 is 10.3. The van der Waals surface area contributed by atoms with E-state index in [1.54, 1.807) is 13.3 Å². The average Bonchev–Trinajstić information content (AvgIpc) is 2.62. The second-order valence-corrected chi connectivity index (χ2v) is 5.94. The van der Waals surface area contributed by atoms with Crippen molar-refractivity contribution in [2.75, 3.05) is 44.9 Å². The van der Waals surface area contributed by atoms with E-state index < -0.39 is 0 Å². The number of nitrogens with zero attached hydrogens (tertiary/aromatic N) is 3. The minimum absolute atomic E-state index is 0.147. The van der Waals surface area contributed by atoms with Crippen molar-refractivity contribution in [3.8, 4) is 6.01 Å². The summed E-state index contributed by atoms with van der Waals surface area (Å²) in [5.74, 6) is 1.48. The molecule has 2 heterocycles. The molecule has 7 heteroatoms. The van der Waals surface area contributed by atoms with Gasteiger partial charge >= 0.3 is 6.01 Å². The summed E-state index contributed by atoms with van der Waals surface area (Å²) in [7, 11) is 1.57. The Bertz CT molecular complexity index is 504. The molecule has 7 nitrogen and oxygen atoms in total. The number of ether oxygens (including phenoxy) is 2. The zero-order valence-corrected chi connectivity index (χ0v) is 14.7. The predicted molar refractivity (Wildman–Crippen MR) is 92.3 cm³/mol. The van der Waals surface area contributed by atoms with Gasteiger partial charge in [0.05, 0.1) is 7.11 Å². The molecule has 134 valence electrons. The summed E-state index contributed by atoms with van der Waals surface area (Å²) in [5, 5.41) is 2.98. The Kier molecular flexibility index (Phi) is 7.74. The van der Waals surface area contributed by atoms with Crippen molar-refractivity contribution in [2.45, 2.75) is 32.6 Å². The molecule has 0 bridgehead atoms. The number of hydrogen-bond acceptors (Lipinski definition) is 6. The largest absolute Gasteiger partial charge is 0.467 e. The van der Waals surface area contributed by atoms with Crippen LogP contribution in [0.5, 0.6) is 6.01 Å². The first-order chi connectivity index (χ1) is 11.7. The summed E-state index contributed by atoms with van der Waals surface area (Å²) in [6, 6.07) is 2.29. The maximum Gasteiger partial charge on any atom is 0.318 e. The van der Waals surface area contributed by atoms with E-state index in [2.05, 4.69) is 20.2 Å². The van der Waals surface area contributed by atoms with E-state index in [0.717, 1.165) is 44.8 Å². The number of nitrogens with one attached hydrogen (secondary N) is 1. The van der Waals surface area contributed by atoms with Gasteiger partial charge in [-0.2, -0.15) is 4.98 Å². The molecule has 1 saturated heterocycles. The second-order valence-electron chi connectivity index (χ2n) is 5.94. The number of methoxy groups -OCH3 is 1. The molecule has 1 N–H and O–H groups in total. The highest BCUT2D eigenvalue weighted by Crippen LogP contribution is 2.24. The zero-order chi connectivity index (χ0) is 17.2. The lowest BCUT2D eigenvalue weighted by Crippen LogP contribution is -2.36. The van der Waals surface area contributed by atoms with Gasteiger partial charge in [0.25, 0.3) is 0 Å². The number of hydrogen-bond donors (Lipinski definition) is 1. The van der Waals surface area contributed by atoms with Gasteiger partial charge in [-0.1, -0.05) is 0 Å². The number of piperidine rings is 1. The van der Waals surface area contributed by atoms with Crippen LogP contribution in [0.4, 0.5) is 5.82 Å². The summed E-state index contributed by atoms with van der Waals surface area (Å²) in [6.07, 6.45) is 5.18. The highest BCUT2D eigenvalue weighted by atomic mass is 16.5. The van der Waals surface area contributed by atoms with E-state index in [9.17, 15) is 4.79 Å². The molecule has 1 amide bonds. The monoisotopic (exact) mass is 336 g/mol. The number of carbonyl (C=O) groups excluding carboxylic acids is 1. The molecule has 0 aliphatic carbocycles. The molecule has 0 radical (unpaired) electrons. The van der Waals surface area contributed by atoms with Crippen LogP contribution in [0.15, 0.2) is 12.3 Å². The van der Waals surface area contributed by atoms with Crippen LogP contribution in [0.2, 0.25) is 0 Å². The van der Waals surface area contributed by atoms with E-state index in [-0.39, 0.29) is 5.91 Å². The third-order valence-electron chi connectivity index (χ3n) is 4.21. The first kappa shape index (κ1) is 18.4. The Hall–Kier alpha value is -1.89. The lowest BCUT2D eigenvalue weighted by molar-refractivity contribution is -0.122. The Balaban J connectivity index is 1.67. The van der Waals surface area contributed by atoms with E-state index in [1.807, 2.05) is 13.0 Å². The zero-order valence-electron chi connectivity index (χ0n) is 14.7. The van der Waals surface area contributed by atoms with Crippen LogP contribution >= 0.6 is 0 Å². The van der Waals surface area contributed by atoms with Gasteiger partial charge in [-0.15, -0.1) is 0 Å². The summed E-state index contributed by atoms with van der Waals surface area (Å²) in [5.41, 5.74) is 0. The average molecular weight is 336 g/mol. The molecule has 2 rings (SSSR count). The summed E-state index contributed by atoms with van der Waals surface area (Å²) in [4.78, 5) is 22.6. The van der Waals surface area contributed by atoms with Gasteiger partial charge in [0.1, 0.15) is 5.82 Å². The minimum Gasteiger partial charge on any atom is -0.467 e. The standard InChI is InChI=1S/C17H28N4O3/c1-3-24-12-4-8-18-16(22)13-14-6-10-21(11-7-14)15-5-9-19-17(20-15)23-2/h5,9,14H,3-4,6-8,10-13H2,1-2H3,(H,18,22). The second kappa shape index (κ2) is 10.1. The van der Waals surface area contributed by atoms with Gasteiger partial charge in [0, 0.05) is 45.5 Å². The first-order valence-corrected chi connectivity index (χ1v) is 8.69. The fourth-order valence-electron chi connectivity index (χ4n) is 2.85. The van der Waals surface area contributed by atoms with Gasteiger partial charge in [0.2, 0.25) is 5.91 Å². The van der Waals surface area contributed by atoms with E-state index in [0.29, 0.717) is 31.5 Å². The fourth-order valence-corrected chi connectivity index (χ4v) is 2.85. The van der Waals surface area contributed by atoms with Crippen molar-refractivity contribution in [3.05, 3.63) is 12.3 Å². The topological polar surface area (TPSA) is 76.6 Å². The molecule has 0 saturated carbocycles. The molecule has 1 aliphatic rings. The van der Waals surface area contributed by atoms with Gasteiger partial charge < -0.3 is 19.7 Å². The molecule has 1 fully saturated rings. The Morgan fingerprint density at radius 1 is 1.42 bits per heavy atom. The van der Waals surface area contributed by atoms with Gasteiger partial charge in [-0.05, 0) is 38.2 Å². The van der Waals surface area contributed by atoms with Crippen LogP contribution < -0.4 is 15.0 Å². The highest BCUT2D eigenvalue weighted by molar-refractivity contribution is 5.76. The first-order valence-electron chi connectivity index (χ1n) is 8.69. The SMILES string of the molecule is CCOCCCNC(=O)CC1CCN(c2ccnc(OC)n2)CC1. The van der Waals surface area contributed by atoms with Crippen molar-refractivity contribution in [1.82, 2.24) is 15.3 Å². The Morgan fingerprint density at radius 3 is 2.92 bits per heavy atom. The van der Waals surface area contributed by atoms with Crippen molar-refractivity contribution >= 4 is 11.7 Å². The number of carbonyl (C=O) groups is 1. The van der Waals surface area contributed by atoms with Gasteiger partial charge in [0.15, 0.2) is 0 Å². The smallest absolute Gasteiger partial charge is 0.318 e. The van der Waals surface area contributed by atoms with Crippen LogP contribution in [-0.4, -0.2) is 55.8 Å². The minimum atomic E-state index is 0.147. The summed E-state index contributed by atoms with van der Waals surface area (Å²) in [6.45, 7) is 5.91. The molecule has 1 aromatic rings. The third-order valence-corrected chi connectivity index (χ3v) is 4.21. The van der Waals surface area contributed by atoms with E-state index in [1.165, 1.54) is 0 Å². The third kappa shape index (κ3) is 5.96. The van der Waals surface area contributed by atoms with Crippen LogP contribution in [0.25, 0.3) is 0 Å². The number of anilines is 1. The number of aromatic nitrogens is 2. The molecule has 0 atom stereocenters. The van der Waals surface area contributed by atoms with Crippen LogP contribution in [0, 0.1) is 5.92 Å². The highest BCUT2D eigenvalue weighted by Gasteiger charge is 2.22. The van der Waals surface area contributed by atoms with Crippen LogP contribution in [-0.2, 0) is 9.53 Å². The maximum absolute atomic E-state index is 12.0. The molecule has 1 aromatic heterocycles. The molecule has 0 unspecified atom stereocenters. The fraction of sp³-hybridized carbons (Fsp3) is 0.706. The molecule has 0 spiro atoms. The number of rotatable bonds is 9. The molecule has 0 aromatic carbocycles. The van der Waals surface area contributed by atoms with Crippen LogP contribution in [0.1, 0.15) is 32.6 Å². The number of amides is 1. The molecule has 1 aliphatic heterocycles. The van der Waals surface area contributed by atoms with Crippen molar-refractivity contribution in [3.63, 3.8) is 0 Å². The Morgan fingerprint density at radius 2 is 2.21 bits per heavy atom. The predicted octanol–water partition coefficient (Wildman–Crippen LogP) is 1.63. The van der Waals surface area contributed by atoms with E-state index in [4.69, 9.17) is 9.47 Å². The summed E-state index contributed by atoms with van der Waals surface area (Å²) >= 11 is 0.